The molecule has 1 aliphatic heterocycles. The van der Waals surface area contributed by atoms with Gasteiger partial charge in [-0.3, -0.25) is 15.5 Å². The average Bonchev–Trinajstić information content (AvgIpc) is 3.05. The monoisotopic (exact) mass is 387 g/mol. The number of nitro benzene ring substituents is 1. The van der Waals surface area contributed by atoms with Gasteiger partial charge in [0.25, 0.3) is 5.69 Å². The van der Waals surface area contributed by atoms with Crippen molar-refractivity contribution in [1.82, 2.24) is 10.3 Å². The number of non-ortho nitro benzene ring substituents is 1. The van der Waals surface area contributed by atoms with Crippen LogP contribution in [0.2, 0.25) is 0 Å². The number of allylic oxidation sites excluding steroid dienone is 2. The van der Waals surface area contributed by atoms with Crippen molar-refractivity contribution in [2.75, 3.05) is 26.3 Å². The molecule has 1 aliphatic carbocycles. The number of hydrogen-bond donors (Lipinski definition) is 2. The molecule has 142 valence electrons. The molecule has 1 saturated heterocycles. The second-order valence-corrected chi connectivity index (χ2v) is 6.67. The fraction of sp³-hybridized carbons (Fsp3) is 0.333. The van der Waals surface area contributed by atoms with Crippen molar-refractivity contribution in [2.24, 2.45) is 10.8 Å². The number of nitrogens with zero attached hydrogens (tertiary/aromatic N) is 3. The van der Waals surface area contributed by atoms with Gasteiger partial charge in [0, 0.05) is 30.9 Å². The van der Waals surface area contributed by atoms with Crippen molar-refractivity contribution in [2.45, 2.75) is 12.8 Å². The van der Waals surface area contributed by atoms with Gasteiger partial charge in [0.05, 0.1) is 24.4 Å². The summed E-state index contributed by atoms with van der Waals surface area (Å²) in [7, 11) is 0. The maximum atomic E-state index is 10.8. The first-order chi connectivity index (χ1) is 13.0. The molecule has 0 unspecified atom stereocenters. The second kappa shape index (κ2) is 8.74. The van der Waals surface area contributed by atoms with Gasteiger partial charge in [-0.15, -0.1) is 0 Å². The fourth-order valence-electron chi connectivity index (χ4n) is 3.24. The molecule has 0 radical (unpaired) electrons. The van der Waals surface area contributed by atoms with Crippen molar-refractivity contribution in [1.29, 1.82) is 0 Å². The van der Waals surface area contributed by atoms with E-state index in [2.05, 4.69) is 21.5 Å². The molecule has 0 aromatic heterocycles. The summed E-state index contributed by atoms with van der Waals surface area (Å²) < 4.78 is 5.47. The molecule has 3 rings (SSSR count). The van der Waals surface area contributed by atoms with E-state index >= 15 is 0 Å². The first-order valence-corrected chi connectivity index (χ1v) is 9.05. The highest BCUT2D eigenvalue weighted by molar-refractivity contribution is 7.80. The van der Waals surface area contributed by atoms with E-state index in [1.807, 2.05) is 0 Å². The van der Waals surface area contributed by atoms with Crippen molar-refractivity contribution in [3.8, 4) is 0 Å². The number of hydrazone groups is 1. The molecule has 1 aromatic rings. The molecule has 1 fully saturated rings. The van der Waals surface area contributed by atoms with E-state index in [4.69, 9.17) is 22.7 Å². The molecule has 2 aliphatic rings. The molecule has 0 amide bonds. The van der Waals surface area contributed by atoms with Crippen molar-refractivity contribution >= 4 is 35.3 Å². The third kappa shape index (κ3) is 4.89. The molecule has 27 heavy (non-hydrogen) atoms. The Labute approximate surface area is 162 Å². The summed E-state index contributed by atoms with van der Waals surface area (Å²) in [5.41, 5.74) is 12.5. The van der Waals surface area contributed by atoms with Crippen LogP contribution in [-0.2, 0) is 4.74 Å². The summed E-state index contributed by atoms with van der Waals surface area (Å²) in [5.74, 6) is 0. The molecule has 0 atom stereocenters. The van der Waals surface area contributed by atoms with E-state index in [-0.39, 0.29) is 10.8 Å². The predicted molar refractivity (Wildman–Crippen MR) is 108 cm³/mol. The Balaban J connectivity index is 1.90. The minimum Gasteiger partial charge on any atom is -0.378 e. The zero-order valence-corrected chi connectivity index (χ0v) is 15.6. The smallest absolute Gasteiger partial charge is 0.269 e. The molecular formula is C18H21N5O3S. The van der Waals surface area contributed by atoms with Gasteiger partial charge < -0.3 is 15.4 Å². The number of nitro groups is 1. The minimum absolute atomic E-state index is 0.0872. The van der Waals surface area contributed by atoms with Gasteiger partial charge in [-0.2, -0.15) is 5.10 Å². The number of hydrogen-bond acceptors (Lipinski definition) is 6. The van der Waals surface area contributed by atoms with E-state index < -0.39 is 4.92 Å². The summed E-state index contributed by atoms with van der Waals surface area (Å²) in [6.07, 6.45) is 5.57. The van der Waals surface area contributed by atoms with Crippen molar-refractivity contribution < 1.29 is 9.66 Å². The lowest BCUT2D eigenvalue weighted by atomic mass is 10.1. The Hall–Kier alpha value is -2.78. The van der Waals surface area contributed by atoms with Gasteiger partial charge in [0.15, 0.2) is 5.11 Å². The Kier molecular flexibility index (Phi) is 6.15. The summed E-state index contributed by atoms with van der Waals surface area (Å²) >= 11 is 4.78. The van der Waals surface area contributed by atoms with E-state index in [1.165, 1.54) is 17.7 Å². The Morgan fingerprint density at radius 3 is 2.63 bits per heavy atom. The number of nitrogens with one attached hydrogen (secondary N) is 1. The van der Waals surface area contributed by atoms with Crippen LogP contribution in [0.5, 0.6) is 0 Å². The van der Waals surface area contributed by atoms with E-state index in [9.17, 15) is 10.1 Å². The van der Waals surface area contributed by atoms with Crippen LogP contribution in [0, 0.1) is 10.1 Å². The second-order valence-electron chi connectivity index (χ2n) is 6.23. The highest BCUT2D eigenvalue weighted by Gasteiger charge is 2.25. The van der Waals surface area contributed by atoms with Crippen LogP contribution in [-0.4, -0.2) is 47.5 Å². The number of morpholine rings is 1. The summed E-state index contributed by atoms with van der Waals surface area (Å²) in [4.78, 5) is 12.7. The molecule has 9 heteroatoms. The fourth-order valence-corrected chi connectivity index (χ4v) is 3.29. The number of rotatable bonds is 5. The van der Waals surface area contributed by atoms with Crippen molar-refractivity contribution in [3.05, 3.63) is 56.8 Å². The van der Waals surface area contributed by atoms with Gasteiger partial charge in [-0.1, -0.05) is 0 Å². The van der Waals surface area contributed by atoms with Crippen LogP contribution in [0.1, 0.15) is 18.4 Å². The number of nitrogens with two attached hydrogens (primary N) is 1. The Morgan fingerprint density at radius 1 is 1.30 bits per heavy atom. The predicted octanol–water partition coefficient (Wildman–Crippen LogP) is 2.18. The molecule has 0 bridgehead atoms. The molecule has 0 spiro atoms. The molecule has 0 saturated carbocycles. The van der Waals surface area contributed by atoms with Crippen LogP contribution < -0.4 is 11.2 Å². The maximum absolute atomic E-state index is 10.8. The van der Waals surface area contributed by atoms with Crippen LogP contribution >= 0.6 is 12.2 Å². The SMILES string of the molecule is NC(=S)N/N=C/C1=C(N2CCOCC2)C(=C\c2ccc([N+](=O)[O-])cc2)/CC1. The minimum atomic E-state index is -0.394. The zero-order valence-electron chi connectivity index (χ0n) is 14.8. The summed E-state index contributed by atoms with van der Waals surface area (Å²) in [5, 5.41) is 15.1. The molecule has 1 aromatic carbocycles. The van der Waals surface area contributed by atoms with Crippen LogP contribution in [0.4, 0.5) is 5.69 Å². The van der Waals surface area contributed by atoms with E-state index in [0.29, 0.717) is 13.2 Å². The Morgan fingerprint density at radius 2 is 2.00 bits per heavy atom. The summed E-state index contributed by atoms with van der Waals surface area (Å²) in [6.45, 7) is 2.99. The first-order valence-electron chi connectivity index (χ1n) is 8.64. The quantitative estimate of drug-likeness (QED) is 0.345. The lowest BCUT2D eigenvalue weighted by Crippen LogP contribution is -2.36. The topological polar surface area (TPSA) is 106 Å². The van der Waals surface area contributed by atoms with Gasteiger partial charge >= 0.3 is 0 Å². The number of benzene rings is 1. The third-order valence-corrected chi connectivity index (χ3v) is 4.53. The van der Waals surface area contributed by atoms with Gasteiger partial charge in [0.1, 0.15) is 0 Å². The average molecular weight is 387 g/mol. The highest BCUT2D eigenvalue weighted by atomic mass is 32.1. The molecular weight excluding hydrogens is 366 g/mol. The molecule has 3 N–H and O–H groups in total. The number of thiocarbonyl (C=S) groups is 1. The van der Waals surface area contributed by atoms with Gasteiger partial charge in [-0.05, 0) is 60.0 Å². The lowest BCUT2D eigenvalue weighted by molar-refractivity contribution is -0.384. The lowest BCUT2D eigenvalue weighted by Gasteiger charge is -2.31. The van der Waals surface area contributed by atoms with Crippen LogP contribution in [0.25, 0.3) is 6.08 Å². The van der Waals surface area contributed by atoms with Gasteiger partial charge in [-0.25, -0.2) is 0 Å². The van der Waals surface area contributed by atoms with Crippen molar-refractivity contribution in [3.63, 3.8) is 0 Å². The Bertz CT molecular complexity index is 811. The highest BCUT2D eigenvalue weighted by Crippen LogP contribution is 2.35. The van der Waals surface area contributed by atoms with E-state index in [1.54, 1.807) is 18.3 Å². The van der Waals surface area contributed by atoms with Crippen LogP contribution in [0.15, 0.2) is 46.2 Å². The largest absolute Gasteiger partial charge is 0.378 e. The summed E-state index contributed by atoms with van der Waals surface area (Å²) in [6, 6.07) is 6.58. The number of ether oxygens (including phenoxy) is 1. The zero-order chi connectivity index (χ0) is 19.2. The maximum Gasteiger partial charge on any atom is 0.269 e. The van der Waals surface area contributed by atoms with Gasteiger partial charge in [0.2, 0.25) is 0 Å². The van der Waals surface area contributed by atoms with Crippen LogP contribution in [0.3, 0.4) is 0 Å². The van der Waals surface area contributed by atoms with E-state index in [0.717, 1.165) is 42.8 Å². The molecule has 8 nitrogen and oxygen atoms in total. The normalized spacial score (nSPS) is 19.1. The first kappa shape index (κ1) is 19.0. The molecule has 1 heterocycles. The third-order valence-electron chi connectivity index (χ3n) is 4.44. The standard InChI is InChI=1S/C18H21N5O3S/c19-18(27)21-20-12-15-4-3-14(17(15)22-7-9-26-10-8-22)11-13-1-5-16(6-2-13)23(24)25/h1-2,5-6,11-12H,3-4,7-10H2,(H3,19,21,27)/b14-11-,20-12+.